The summed E-state index contributed by atoms with van der Waals surface area (Å²) in [7, 11) is 0. The molecule has 0 spiro atoms. The van der Waals surface area contributed by atoms with Crippen molar-refractivity contribution < 1.29 is 0 Å². The van der Waals surface area contributed by atoms with Gasteiger partial charge in [-0.15, -0.1) is 0 Å². The van der Waals surface area contributed by atoms with E-state index in [1.807, 2.05) is 0 Å². The fourth-order valence-corrected chi connectivity index (χ4v) is 2.38. The third kappa shape index (κ3) is 6.24. The molecule has 3 N–H and O–H groups in total. The van der Waals surface area contributed by atoms with Gasteiger partial charge < -0.3 is 16.0 Å². The van der Waals surface area contributed by atoms with Gasteiger partial charge in [0, 0.05) is 12.1 Å². The fraction of sp³-hybridized carbons (Fsp3) is 0.929. The second kappa shape index (κ2) is 6.98. The van der Waals surface area contributed by atoms with Gasteiger partial charge in [0.05, 0.1) is 0 Å². The Labute approximate surface area is 112 Å². The van der Waals surface area contributed by atoms with Gasteiger partial charge in [-0.1, -0.05) is 6.92 Å². The van der Waals surface area contributed by atoms with E-state index in [1.54, 1.807) is 0 Å². The van der Waals surface area contributed by atoms with E-state index >= 15 is 0 Å². The Balaban J connectivity index is 2.20. The number of rotatable bonds is 4. The summed E-state index contributed by atoms with van der Waals surface area (Å²) < 4.78 is 0. The van der Waals surface area contributed by atoms with Gasteiger partial charge in [0.2, 0.25) is 0 Å². The van der Waals surface area contributed by atoms with E-state index in [2.05, 4.69) is 42.9 Å². The Kier molecular flexibility index (Phi) is 5.93. The molecule has 0 unspecified atom stereocenters. The fourth-order valence-electron chi connectivity index (χ4n) is 2.38. The van der Waals surface area contributed by atoms with E-state index in [9.17, 15) is 0 Å². The Morgan fingerprint density at radius 2 is 1.94 bits per heavy atom. The predicted octanol–water partition coefficient (Wildman–Crippen LogP) is 1.81. The molecule has 106 valence electrons. The Bertz CT molecular complexity index is 259. The summed E-state index contributed by atoms with van der Waals surface area (Å²) in [5, 5.41) is 3.19. The summed E-state index contributed by atoms with van der Waals surface area (Å²) in [6.07, 6.45) is 3.80. The number of piperidine rings is 1. The Morgan fingerprint density at radius 3 is 2.44 bits per heavy atom. The van der Waals surface area contributed by atoms with Crippen molar-refractivity contribution in [1.29, 1.82) is 0 Å². The average Bonchev–Trinajstić information content (AvgIpc) is 2.27. The van der Waals surface area contributed by atoms with E-state index in [4.69, 9.17) is 5.73 Å². The molecule has 4 nitrogen and oxygen atoms in total. The lowest BCUT2D eigenvalue weighted by Gasteiger charge is -2.30. The van der Waals surface area contributed by atoms with Crippen LogP contribution in [-0.2, 0) is 0 Å². The van der Waals surface area contributed by atoms with Crippen molar-refractivity contribution in [3.8, 4) is 0 Å². The van der Waals surface area contributed by atoms with Crippen molar-refractivity contribution in [1.82, 2.24) is 10.2 Å². The first-order valence-electron chi connectivity index (χ1n) is 7.21. The Hall–Kier alpha value is -0.770. The molecule has 4 heteroatoms. The molecule has 0 aromatic carbocycles. The highest BCUT2D eigenvalue weighted by molar-refractivity contribution is 5.78. The molecular formula is C14H30N4. The van der Waals surface area contributed by atoms with Crippen LogP contribution in [0.2, 0.25) is 0 Å². The first-order valence-corrected chi connectivity index (χ1v) is 7.21. The molecule has 0 aromatic rings. The van der Waals surface area contributed by atoms with Gasteiger partial charge in [-0.05, 0) is 65.6 Å². The van der Waals surface area contributed by atoms with Crippen molar-refractivity contribution in [2.45, 2.75) is 52.5 Å². The minimum atomic E-state index is 0.0000488. The molecule has 0 radical (unpaired) electrons. The normalized spacial score (nSPS) is 20.1. The summed E-state index contributed by atoms with van der Waals surface area (Å²) in [4.78, 5) is 6.94. The van der Waals surface area contributed by atoms with Gasteiger partial charge in [-0.25, -0.2) is 0 Å². The molecule has 1 heterocycles. The van der Waals surface area contributed by atoms with Crippen molar-refractivity contribution in [3.63, 3.8) is 0 Å². The van der Waals surface area contributed by atoms with Crippen molar-refractivity contribution in [3.05, 3.63) is 0 Å². The molecular weight excluding hydrogens is 224 g/mol. The van der Waals surface area contributed by atoms with Gasteiger partial charge in [0.15, 0.2) is 5.96 Å². The minimum absolute atomic E-state index is 0.0000488. The van der Waals surface area contributed by atoms with Crippen LogP contribution in [0.3, 0.4) is 0 Å². The molecule has 1 fully saturated rings. The molecule has 0 aliphatic carbocycles. The average molecular weight is 254 g/mol. The summed E-state index contributed by atoms with van der Waals surface area (Å²) in [5.41, 5.74) is 5.85. The number of nitrogens with one attached hydrogen (secondary N) is 1. The van der Waals surface area contributed by atoms with Crippen LogP contribution in [0.25, 0.3) is 0 Å². The number of likely N-dealkylation sites (tertiary alicyclic amines) is 1. The van der Waals surface area contributed by atoms with Crippen molar-refractivity contribution >= 4 is 5.96 Å². The summed E-state index contributed by atoms with van der Waals surface area (Å²) in [6, 6.07) is 0. The third-order valence-electron chi connectivity index (χ3n) is 3.48. The molecule has 1 rings (SSSR count). The molecule has 0 atom stereocenters. The second-order valence-corrected chi connectivity index (χ2v) is 6.31. The van der Waals surface area contributed by atoms with Crippen LogP contribution in [0.5, 0.6) is 0 Å². The van der Waals surface area contributed by atoms with Crippen LogP contribution in [0.15, 0.2) is 4.99 Å². The lowest BCUT2D eigenvalue weighted by molar-refractivity contribution is 0.188. The monoisotopic (exact) mass is 254 g/mol. The smallest absolute Gasteiger partial charge is 0.188 e. The highest BCUT2D eigenvalue weighted by Crippen LogP contribution is 2.19. The Morgan fingerprint density at radius 1 is 1.33 bits per heavy atom. The number of hydrogen-bond acceptors (Lipinski definition) is 2. The van der Waals surface area contributed by atoms with Crippen LogP contribution < -0.4 is 11.1 Å². The molecule has 1 aliphatic heterocycles. The number of nitrogens with two attached hydrogens (primary N) is 1. The molecule has 0 amide bonds. The maximum absolute atomic E-state index is 5.85. The van der Waals surface area contributed by atoms with Gasteiger partial charge in [0.25, 0.3) is 0 Å². The number of aliphatic imine (C=N–C) groups is 1. The van der Waals surface area contributed by atoms with E-state index in [1.165, 1.54) is 38.9 Å². The summed E-state index contributed by atoms with van der Waals surface area (Å²) >= 11 is 0. The highest BCUT2D eigenvalue weighted by atomic mass is 15.1. The first kappa shape index (κ1) is 15.3. The maximum atomic E-state index is 5.85. The molecule has 0 bridgehead atoms. The van der Waals surface area contributed by atoms with E-state index in [-0.39, 0.29) is 5.54 Å². The largest absolute Gasteiger partial charge is 0.370 e. The van der Waals surface area contributed by atoms with Crippen LogP contribution in [0.1, 0.15) is 47.0 Å². The standard InChI is InChI=1S/C14H30N4/c1-5-18-10-7-12(8-11-18)6-9-16-13(15)17-14(2,3)4/h12H,5-11H2,1-4H3,(H3,15,16,17). The zero-order valence-corrected chi connectivity index (χ0v) is 12.5. The molecule has 18 heavy (non-hydrogen) atoms. The summed E-state index contributed by atoms with van der Waals surface area (Å²) in [5.74, 6) is 1.41. The first-order chi connectivity index (χ1) is 8.40. The quantitative estimate of drug-likeness (QED) is 0.594. The van der Waals surface area contributed by atoms with Gasteiger partial charge in [0.1, 0.15) is 0 Å². The minimum Gasteiger partial charge on any atom is -0.370 e. The number of hydrogen-bond donors (Lipinski definition) is 2. The van der Waals surface area contributed by atoms with Crippen LogP contribution in [0.4, 0.5) is 0 Å². The van der Waals surface area contributed by atoms with Crippen LogP contribution in [-0.4, -0.2) is 42.6 Å². The molecule has 0 aromatic heterocycles. The zero-order chi connectivity index (χ0) is 13.6. The van der Waals surface area contributed by atoms with Crippen molar-refractivity contribution in [2.24, 2.45) is 16.6 Å². The predicted molar refractivity (Wildman–Crippen MR) is 78.8 cm³/mol. The van der Waals surface area contributed by atoms with Gasteiger partial charge in [-0.3, -0.25) is 4.99 Å². The van der Waals surface area contributed by atoms with Crippen molar-refractivity contribution in [2.75, 3.05) is 26.2 Å². The van der Waals surface area contributed by atoms with E-state index < -0.39 is 0 Å². The van der Waals surface area contributed by atoms with Crippen LogP contribution in [0, 0.1) is 5.92 Å². The molecule has 0 saturated carbocycles. The van der Waals surface area contributed by atoms with Gasteiger partial charge >= 0.3 is 0 Å². The third-order valence-corrected chi connectivity index (χ3v) is 3.48. The van der Waals surface area contributed by atoms with E-state index in [0.29, 0.717) is 5.96 Å². The second-order valence-electron chi connectivity index (χ2n) is 6.31. The molecule has 1 saturated heterocycles. The SMILES string of the molecule is CCN1CCC(CCN=C(N)NC(C)(C)C)CC1. The lowest BCUT2D eigenvalue weighted by Crippen LogP contribution is -2.45. The van der Waals surface area contributed by atoms with E-state index in [0.717, 1.165) is 12.5 Å². The van der Waals surface area contributed by atoms with Crippen LogP contribution >= 0.6 is 0 Å². The lowest BCUT2D eigenvalue weighted by atomic mass is 9.94. The summed E-state index contributed by atoms with van der Waals surface area (Å²) in [6.45, 7) is 13.1. The maximum Gasteiger partial charge on any atom is 0.188 e. The molecule has 1 aliphatic rings. The zero-order valence-electron chi connectivity index (χ0n) is 12.5. The number of nitrogens with zero attached hydrogens (tertiary/aromatic N) is 2. The highest BCUT2D eigenvalue weighted by Gasteiger charge is 2.17. The van der Waals surface area contributed by atoms with Gasteiger partial charge in [-0.2, -0.15) is 0 Å². The number of guanidine groups is 1. The topological polar surface area (TPSA) is 53.6 Å².